The molecular formula is C12H15NO5. The lowest BCUT2D eigenvalue weighted by atomic mass is 10.1. The summed E-state index contributed by atoms with van der Waals surface area (Å²) in [5.74, 6) is -1.33. The van der Waals surface area contributed by atoms with Crippen molar-refractivity contribution in [2.45, 2.75) is 6.42 Å². The molecule has 98 valence electrons. The zero-order chi connectivity index (χ0) is 13.1. The minimum Gasteiger partial charge on any atom is -0.475 e. The molecular weight excluding hydrogens is 238 g/mol. The molecule has 18 heavy (non-hydrogen) atoms. The minimum absolute atomic E-state index is 0.0498. The van der Waals surface area contributed by atoms with Gasteiger partial charge in [-0.15, -0.1) is 0 Å². The van der Waals surface area contributed by atoms with Gasteiger partial charge in [-0.1, -0.05) is 0 Å². The third kappa shape index (κ3) is 2.70. The van der Waals surface area contributed by atoms with Gasteiger partial charge >= 0.3 is 5.97 Å². The molecule has 6 heteroatoms. The minimum atomic E-state index is -1.18. The van der Waals surface area contributed by atoms with Crippen LogP contribution in [0.3, 0.4) is 0 Å². The van der Waals surface area contributed by atoms with Gasteiger partial charge in [-0.05, 0) is 18.6 Å². The molecule has 1 N–H and O–H groups in total. The van der Waals surface area contributed by atoms with E-state index in [0.717, 1.165) is 13.0 Å². The van der Waals surface area contributed by atoms with Crippen molar-refractivity contribution in [1.82, 2.24) is 4.90 Å². The standard InChI is InChI=1S/C12H15NO5/c1-13(6-8-4-5-17-7-8)11(14)9-2-3-10(18-9)12(15)16/h2-3,8H,4-7H2,1H3,(H,15,16)/t8-/m1/s1. The highest BCUT2D eigenvalue weighted by Crippen LogP contribution is 2.16. The quantitative estimate of drug-likeness (QED) is 0.868. The van der Waals surface area contributed by atoms with Gasteiger partial charge in [0.15, 0.2) is 5.76 Å². The van der Waals surface area contributed by atoms with Crippen LogP contribution in [0.1, 0.15) is 27.5 Å². The second-order valence-electron chi connectivity index (χ2n) is 4.38. The highest BCUT2D eigenvalue weighted by Gasteiger charge is 2.23. The van der Waals surface area contributed by atoms with Crippen molar-refractivity contribution in [3.63, 3.8) is 0 Å². The summed E-state index contributed by atoms with van der Waals surface area (Å²) < 4.78 is 10.2. The number of rotatable bonds is 4. The number of amides is 1. The van der Waals surface area contributed by atoms with E-state index in [9.17, 15) is 9.59 Å². The number of carbonyl (C=O) groups is 2. The third-order valence-electron chi connectivity index (χ3n) is 2.93. The molecule has 6 nitrogen and oxygen atoms in total. The first-order valence-electron chi connectivity index (χ1n) is 5.74. The summed E-state index contributed by atoms with van der Waals surface area (Å²) in [5.41, 5.74) is 0. The third-order valence-corrected chi connectivity index (χ3v) is 2.93. The van der Waals surface area contributed by atoms with Crippen LogP contribution in [0.5, 0.6) is 0 Å². The number of hydrogen-bond donors (Lipinski definition) is 1. The zero-order valence-electron chi connectivity index (χ0n) is 10.1. The van der Waals surface area contributed by atoms with Gasteiger partial charge in [-0.3, -0.25) is 4.79 Å². The van der Waals surface area contributed by atoms with Crippen molar-refractivity contribution in [1.29, 1.82) is 0 Å². The monoisotopic (exact) mass is 253 g/mol. The lowest BCUT2D eigenvalue weighted by Gasteiger charge is -2.19. The Bertz CT molecular complexity index is 447. The van der Waals surface area contributed by atoms with Crippen LogP contribution in [0.4, 0.5) is 0 Å². The van der Waals surface area contributed by atoms with Crippen molar-refractivity contribution in [3.05, 3.63) is 23.7 Å². The Kier molecular flexibility index (Phi) is 3.66. The second kappa shape index (κ2) is 5.22. The molecule has 1 aliphatic heterocycles. The molecule has 0 spiro atoms. The molecule has 1 aromatic rings. The Hall–Kier alpha value is -1.82. The molecule has 1 aliphatic rings. The van der Waals surface area contributed by atoms with E-state index in [0.29, 0.717) is 19.1 Å². The van der Waals surface area contributed by atoms with Crippen LogP contribution >= 0.6 is 0 Å². The topological polar surface area (TPSA) is 80.0 Å². The predicted molar refractivity (Wildman–Crippen MR) is 61.6 cm³/mol. The lowest BCUT2D eigenvalue weighted by Crippen LogP contribution is -2.31. The van der Waals surface area contributed by atoms with Gasteiger partial charge in [-0.25, -0.2) is 4.79 Å². The molecule has 0 aromatic carbocycles. The van der Waals surface area contributed by atoms with E-state index in [1.165, 1.54) is 17.0 Å². The van der Waals surface area contributed by atoms with E-state index in [-0.39, 0.29) is 17.4 Å². The maximum absolute atomic E-state index is 12.0. The van der Waals surface area contributed by atoms with E-state index in [4.69, 9.17) is 14.3 Å². The van der Waals surface area contributed by atoms with Gasteiger partial charge in [-0.2, -0.15) is 0 Å². The first-order valence-corrected chi connectivity index (χ1v) is 5.74. The van der Waals surface area contributed by atoms with Crippen LogP contribution in [0.25, 0.3) is 0 Å². The van der Waals surface area contributed by atoms with Crippen LogP contribution < -0.4 is 0 Å². The Labute approximate surface area is 104 Å². The van der Waals surface area contributed by atoms with Crippen molar-refractivity contribution < 1.29 is 23.8 Å². The number of carboxylic acids is 1. The lowest BCUT2D eigenvalue weighted by molar-refractivity contribution is 0.0651. The summed E-state index contributed by atoms with van der Waals surface area (Å²) in [6.07, 6.45) is 0.941. The van der Waals surface area contributed by atoms with Gasteiger partial charge < -0.3 is 19.2 Å². The molecule has 1 atom stereocenters. The van der Waals surface area contributed by atoms with Gasteiger partial charge in [0.2, 0.25) is 5.76 Å². The van der Waals surface area contributed by atoms with Crippen LogP contribution in [-0.4, -0.2) is 48.7 Å². The summed E-state index contributed by atoms with van der Waals surface area (Å²) in [6, 6.07) is 2.66. The van der Waals surface area contributed by atoms with Gasteiger partial charge in [0, 0.05) is 26.1 Å². The highest BCUT2D eigenvalue weighted by atomic mass is 16.5. The van der Waals surface area contributed by atoms with Gasteiger partial charge in [0.05, 0.1) is 6.61 Å². The summed E-state index contributed by atoms with van der Waals surface area (Å²) in [7, 11) is 1.67. The molecule has 1 saturated heterocycles. The average Bonchev–Trinajstić information content (AvgIpc) is 2.98. The predicted octanol–water partition coefficient (Wildman–Crippen LogP) is 1.09. The highest BCUT2D eigenvalue weighted by molar-refractivity contribution is 5.93. The summed E-state index contributed by atoms with van der Waals surface area (Å²) in [6.45, 7) is 1.98. The molecule has 0 aliphatic carbocycles. The largest absolute Gasteiger partial charge is 0.475 e. The van der Waals surface area contributed by atoms with E-state index >= 15 is 0 Å². The summed E-state index contributed by atoms with van der Waals surface area (Å²) >= 11 is 0. The van der Waals surface area contributed by atoms with Crippen LogP contribution in [-0.2, 0) is 4.74 Å². The number of ether oxygens (including phenoxy) is 1. The van der Waals surface area contributed by atoms with E-state index in [1.54, 1.807) is 7.05 Å². The fourth-order valence-corrected chi connectivity index (χ4v) is 1.95. The molecule has 0 bridgehead atoms. The number of nitrogens with zero attached hydrogens (tertiary/aromatic N) is 1. The smallest absolute Gasteiger partial charge is 0.371 e. The molecule has 1 aromatic heterocycles. The molecule has 0 radical (unpaired) electrons. The zero-order valence-corrected chi connectivity index (χ0v) is 10.1. The van der Waals surface area contributed by atoms with Crippen molar-refractivity contribution in [2.75, 3.05) is 26.8 Å². The van der Waals surface area contributed by atoms with E-state index < -0.39 is 5.97 Å². The molecule has 0 unspecified atom stereocenters. The SMILES string of the molecule is CN(C[C@H]1CCOC1)C(=O)c1ccc(C(=O)O)o1. The average molecular weight is 253 g/mol. The maximum atomic E-state index is 12.0. The Morgan fingerprint density at radius 2 is 2.17 bits per heavy atom. The van der Waals surface area contributed by atoms with Crippen molar-refractivity contribution in [3.8, 4) is 0 Å². The maximum Gasteiger partial charge on any atom is 0.371 e. The van der Waals surface area contributed by atoms with Crippen LogP contribution in [0.2, 0.25) is 0 Å². The first-order chi connectivity index (χ1) is 8.58. The first kappa shape index (κ1) is 12.6. The molecule has 0 saturated carbocycles. The van der Waals surface area contributed by atoms with Crippen molar-refractivity contribution >= 4 is 11.9 Å². The Morgan fingerprint density at radius 1 is 1.44 bits per heavy atom. The van der Waals surface area contributed by atoms with E-state index in [2.05, 4.69) is 0 Å². The molecule has 2 rings (SSSR count). The van der Waals surface area contributed by atoms with Crippen LogP contribution in [0, 0.1) is 5.92 Å². The van der Waals surface area contributed by atoms with Gasteiger partial charge in [0.1, 0.15) is 0 Å². The molecule has 2 heterocycles. The summed E-state index contributed by atoms with van der Waals surface area (Å²) in [4.78, 5) is 24.1. The van der Waals surface area contributed by atoms with Gasteiger partial charge in [0.25, 0.3) is 5.91 Å². The van der Waals surface area contributed by atoms with Crippen molar-refractivity contribution in [2.24, 2.45) is 5.92 Å². The number of aromatic carboxylic acids is 1. The number of carbonyl (C=O) groups excluding carboxylic acids is 1. The summed E-state index contributed by atoms with van der Waals surface area (Å²) in [5, 5.41) is 8.71. The Morgan fingerprint density at radius 3 is 2.72 bits per heavy atom. The molecule has 1 fully saturated rings. The fraction of sp³-hybridized carbons (Fsp3) is 0.500. The fourth-order valence-electron chi connectivity index (χ4n) is 1.95. The van der Waals surface area contributed by atoms with E-state index in [1.807, 2.05) is 0 Å². The second-order valence-corrected chi connectivity index (χ2v) is 4.38. The number of carboxylic acid groups (broad SMARTS) is 1. The molecule has 1 amide bonds. The Balaban J connectivity index is 1.98. The number of hydrogen-bond acceptors (Lipinski definition) is 4. The normalized spacial score (nSPS) is 18.8. The number of furan rings is 1. The van der Waals surface area contributed by atoms with Crippen LogP contribution in [0.15, 0.2) is 16.5 Å².